The highest BCUT2D eigenvalue weighted by molar-refractivity contribution is 5.35. The van der Waals surface area contributed by atoms with E-state index in [1.807, 2.05) is 0 Å². The molecule has 2 nitrogen and oxygen atoms in total. The lowest BCUT2D eigenvalue weighted by molar-refractivity contribution is -0.333. The van der Waals surface area contributed by atoms with E-state index in [0.29, 0.717) is 11.7 Å². The molecule has 1 atom stereocenters. The third-order valence-electron chi connectivity index (χ3n) is 4.19. The SMILES string of the molecule is CC1CC(Oc2cccc(C3(C(F)(F)F)CCO3)c2)C1. The zero-order valence-electron chi connectivity index (χ0n) is 11.2. The standard InChI is InChI=1S/C15H17F3O2/c1-10-7-13(8-10)20-12-4-2-3-11(9-12)14(5-6-19-14)15(16,17)18/h2-4,9-10,13H,5-8H2,1H3. The molecule has 1 aromatic carbocycles. The van der Waals surface area contributed by atoms with Crippen LogP contribution in [-0.2, 0) is 10.3 Å². The van der Waals surface area contributed by atoms with Crippen LogP contribution in [0.5, 0.6) is 5.75 Å². The molecule has 3 rings (SSSR count). The highest BCUT2D eigenvalue weighted by Gasteiger charge is 2.61. The van der Waals surface area contributed by atoms with Crippen LogP contribution in [0.25, 0.3) is 0 Å². The average molecular weight is 286 g/mol. The molecule has 1 saturated heterocycles. The summed E-state index contributed by atoms with van der Waals surface area (Å²) in [5.74, 6) is 1.14. The van der Waals surface area contributed by atoms with Crippen molar-refractivity contribution in [3.05, 3.63) is 29.8 Å². The van der Waals surface area contributed by atoms with Crippen molar-refractivity contribution in [3.63, 3.8) is 0 Å². The van der Waals surface area contributed by atoms with E-state index in [4.69, 9.17) is 9.47 Å². The Balaban J connectivity index is 1.80. The molecule has 110 valence electrons. The van der Waals surface area contributed by atoms with E-state index in [1.54, 1.807) is 12.1 Å². The van der Waals surface area contributed by atoms with Crippen LogP contribution in [0.15, 0.2) is 24.3 Å². The minimum atomic E-state index is -4.39. The Morgan fingerprint density at radius 1 is 1.30 bits per heavy atom. The van der Waals surface area contributed by atoms with E-state index in [-0.39, 0.29) is 24.7 Å². The molecule has 0 radical (unpaired) electrons. The lowest BCUT2D eigenvalue weighted by Crippen LogP contribution is -2.52. The highest BCUT2D eigenvalue weighted by Crippen LogP contribution is 2.50. The maximum absolute atomic E-state index is 13.2. The van der Waals surface area contributed by atoms with E-state index >= 15 is 0 Å². The van der Waals surface area contributed by atoms with Gasteiger partial charge in [-0.3, -0.25) is 0 Å². The lowest BCUT2D eigenvalue weighted by atomic mass is 9.84. The van der Waals surface area contributed by atoms with Crippen molar-refractivity contribution in [1.82, 2.24) is 0 Å². The third-order valence-corrected chi connectivity index (χ3v) is 4.19. The number of benzene rings is 1. The van der Waals surface area contributed by atoms with E-state index in [9.17, 15) is 13.2 Å². The van der Waals surface area contributed by atoms with Gasteiger partial charge in [-0.05, 0) is 36.5 Å². The predicted octanol–water partition coefficient (Wildman–Crippen LogP) is 4.04. The van der Waals surface area contributed by atoms with Crippen LogP contribution in [0.1, 0.15) is 31.7 Å². The summed E-state index contributed by atoms with van der Waals surface area (Å²) in [4.78, 5) is 0. The van der Waals surface area contributed by atoms with Crippen LogP contribution in [0.4, 0.5) is 13.2 Å². The van der Waals surface area contributed by atoms with E-state index < -0.39 is 11.8 Å². The lowest BCUT2D eigenvalue weighted by Gasteiger charge is -2.43. The quantitative estimate of drug-likeness (QED) is 0.835. The summed E-state index contributed by atoms with van der Waals surface area (Å²) in [5, 5.41) is 0. The Bertz CT molecular complexity index is 488. The number of alkyl halides is 3. The van der Waals surface area contributed by atoms with Crippen LogP contribution in [-0.4, -0.2) is 18.9 Å². The van der Waals surface area contributed by atoms with Crippen molar-refractivity contribution in [3.8, 4) is 5.75 Å². The summed E-state index contributed by atoms with van der Waals surface area (Å²) in [6.07, 6.45) is -2.37. The van der Waals surface area contributed by atoms with E-state index in [0.717, 1.165) is 12.8 Å². The van der Waals surface area contributed by atoms with Crippen molar-refractivity contribution in [2.75, 3.05) is 6.61 Å². The summed E-state index contributed by atoms with van der Waals surface area (Å²) in [6.45, 7) is 2.28. The minimum absolute atomic E-state index is 0.0274. The smallest absolute Gasteiger partial charge is 0.421 e. The molecule has 1 aromatic rings. The first kappa shape index (κ1) is 13.7. The molecule has 0 spiro atoms. The molecular weight excluding hydrogens is 269 g/mol. The maximum atomic E-state index is 13.2. The van der Waals surface area contributed by atoms with E-state index in [2.05, 4.69) is 6.92 Å². The van der Waals surface area contributed by atoms with Gasteiger partial charge in [0.2, 0.25) is 0 Å². The van der Waals surface area contributed by atoms with Crippen LogP contribution >= 0.6 is 0 Å². The summed E-state index contributed by atoms with van der Waals surface area (Å²) in [5.41, 5.74) is -2.00. The van der Waals surface area contributed by atoms with E-state index in [1.165, 1.54) is 12.1 Å². The van der Waals surface area contributed by atoms with Crippen molar-refractivity contribution >= 4 is 0 Å². The number of hydrogen-bond donors (Lipinski definition) is 0. The molecule has 0 bridgehead atoms. The molecular formula is C15H17F3O2. The van der Waals surface area contributed by atoms with Gasteiger partial charge in [-0.2, -0.15) is 13.2 Å². The zero-order valence-corrected chi connectivity index (χ0v) is 11.2. The summed E-state index contributed by atoms with van der Waals surface area (Å²) in [6, 6.07) is 6.23. The maximum Gasteiger partial charge on any atom is 0.421 e. The molecule has 1 saturated carbocycles. The first-order valence-corrected chi connectivity index (χ1v) is 6.88. The van der Waals surface area contributed by atoms with Crippen LogP contribution in [0, 0.1) is 5.92 Å². The highest BCUT2D eigenvalue weighted by atomic mass is 19.4. The molecule has 1 heterocycles. The predicted molar refractivity (Wildman–Crippen MR) is 67.6 cm³/mol. The van der Waals surface area contributed by atoms with Gasteiger partial charge >= 0.3 is 6.18 Å². The van der Waals surface area contributed by atoms with Crippen molar-refractivity contribution < 1.29 is 22.6 Å². The van der Waals surface area contributed by atoms with Crippen LogP contribution in [0.2, 0.25) is 0 Å². The largest absolute Gasteiger partial charge is 0.490 e. The fourth-order valence-electron chi connectivity index (χ4n) is 2.86. The van der Waals surface area contributed by atoms with Gasteiger partial charge in [0.1, 0.15) is 5.75 Å². The molecule has 1 aliphatic heterocycles. The van der Waals surface area contributed by atoms with Crippen molar-refractivity contribution in [2.24, 2.45) is 5.92 Å². The van der Waals surface area contributed by atoms with Gasteiger partial charge < -0.3 is 9.47 Å². The monoisotopic (exact) mass is 286 g/mol. The van der Waals surface area contributed by atoms with Gasteiger partial charge in [0, 0.05) is 6.42 Å². The number of halogens is 3. The molecule has 1 aliphatic carbocycles. The van der Waals surface area contributed by atoms with Crippen molar-refractivity contribution in [2.45, 2.75) is 44.1 Å². The Kier molecular flexibility index (Phi) is 3.20. The summed E-state index contributed by atoms with van der Waals surface area (Å²) >= 11 is 0. The van der Waals surface area contributed by atoms with Crippen LogP contribution in [0.3, 0.4) is 0 Å². The molecule has 5 heteroatoms. The number of hydrogen-bond acceptors (Lipinski definition) is 2. The molecule has 1 unspecified atom stereocenters. The second kappa shape index (κ2) is 4.65. The summed E-state index contributed by atoms with van der Waals surface area (Å²) in [7, 11) is 0. The van der Waals surface area contributed by atoms with Crippen molar-refractivity contribution in [1.29, 1.82) is 0 Å². The molecule has 2 fully saturated rings. The second-order valence-corrected chi connectivity index (χ2v) is 5.77. The Morgan fingerprint density at radius 3 is 2.50 bits per heavy atom. The number of ether oxygens (including phenoxy) is 2. The molecule has 20 heavy (non-hydrogen) atoms. The van der Waals surface area contributed by atoms with Gasteiger partial charge in [0.15, 0.2) is 5.60 Å². The first-order valence-electron chi connectivity index (χ1n) is 6.88. The molecule has 0 aromatic heterocycles. The van der Waals surface area contributed by atoms with Gasteiger partial charge in [-0.1, -0.05) is 19.1 Å². The second-order valence-electron chi connectivity index (χ2n) is 5.77. The fraction of sp³-hybridized carbons (Fsp3) is 0.600. The normalized spacial score (nSPS) is 33.2. The third kappa shape index (κ3) is 2.18. The number of rotatable bonds is 3. The zero-order chi connectivity index (χ0) is 14.4. The Morgan fingerprint density at radius 2 is 2.00 bits per heavy atom. The molecule has 2 aliphatic rings. The van der Waals surface area contributed by atoms with Gasteiger partial charge in [-0.25, -0.2) is 0 Å². The fourth-order valence-corrected chi connectivity index (χ4v) is 2.86. The summed E-state index contributed by atoms with van der Waals surface area (Å²) < 4.78 is 50.2. The Labute approximate surface area is 115 Å². The Hall–Kier alpha value is -1.23. The topological polar surface area (TPSA) is 18.5 Å². The van der Waals surface area contributed by atoms with Gasteiger partial charge in [0.25, 0.3) is 0 Å². The van der Waals surface area contributed by atoms with Crippen LogP contribution < -0.4 is 4.74 Å². The van der Waals surface area contributed by atoms with Gasteiger partial charge in [0.05, 0.1) is 12.7 Å². The first-order chi connectivity index (χ1) is 9.41. The average Bonchev–Trinajstić information content (AvgIpc) is 2.24. The minimum Gasteiger partial charge on any atom is -0.490 e. The molecule has 0 amide bonds. The van der Waals surface area contributed by atoms with Gasteiger partial charge in [-0.15, -0.1) is 0 Å². The molecule has 0 N–H and O–H groups in total.